The lowest BCUT2D eigenvalue weighted by molar-refractivity contribution is -0.145. The van der Waals surface area contributed by atoms with Gasteiger partial charge in [0, 0.05) is 31.9 Å². The maximum absolute atomic E-state index is 12.9. The Balaban J connectivity index is 1.55. The van der Waals surface area contributed by atoms with Crippen LogP contribution in [0.15, 0.2) is 24.3 Å². The van der Waals surface area contributed by atoms with E-state index in [1.807, 2.05) is 24.3 Å². The molecule has 0 bridgehead atoms. The number of carboxylic acids is 1. The topological polar surface area (TPSA) is 107 Å². The number of carboxylic acid groups (broad SMARTS) is 1. The summed E-state index contributed by atoms with van der Waals surface area (Å²) in [6, 6.07) is 7.44. The third-order valence-electron chi connectivity index (χ3n) is 5.96. The summed E-state index contributed by atoms with van der Waals surface area (Å²) < 4.78 is 0. The van der Waals surface area contributed by atoms with Crippen molar-refractivity contribution in [1.29, 1.82) is 0 Å². The number of fused-ring (bicyclic) bond motifs is 1. The number of carbonyl (C=O) groups excluding carboxylic acids is 2. The van der Waals surface area contributed by atoms with Gasteiger partial charge in [0.05, 0.1) is 17.0 Å². The van der Waals surface area contributed by atoms with Crippen molar-refractivity contribution in [2.45, 2.75) is 24.8 Å². The number of H-pyrrole nitrogens is 1. The molecule has 1 aromatic carbocycles. The minimum Gasteiger partial charge on any atom is -0.481 e. The van der Waals surface area contributed by atoms with Crippen molar-refractivity contribution in [1.82, 2.24) is 20.0 Å². The normalized spacial score (nSPS) is 22.3. The van der Waals surface area contributed by atoms with Crippen LogP contribution in [0.3, 0.4) is 0 Å². The summed E-state index contributed by atoms with van der Waals surface area (Å²) in [7, 11) is 1.67. The van der Waals surface area contributed by atoms with Gasteiger partial charge in [-0.25, -0.2) is 0 Å². The van der Waals surface area contributed by atoms with E-state index in [4.69, 9.17) is 0 Å². The second-order valence-corrected chi connectivity index (χ2v) is 7.06. The third-order valence-corrected chi connectivity index (χ3v) is 5.96. The maximum Gasteiger partial charge on any atom is 0.309 e. The number of piperidine rings is 1. The van der Waals surface area contributed by atoms with Gasteiger partial charge in [0.1, 0.15) is 0 Å². The Kier molecular flexibility index (Phi) is 3.71. The molecule has 8 heteroatoms. The van der Waals surface area contributed by atoms with Crippen LogP contribution in [0.25, 0.3) is 10.9 Å². The van der Waals surface area contributed by atoms with Crippen LogP contribution in [0, 0.1) is 5.92 Å². The number of aliphatic carboxylic acids is 1. The number of benzene rings is 1. The SMILES string of the molecule is CN1C(=O)CC(C(=O)O)C12CCN(C(=O)c1n[nH]c3ccccc13)CC2. The first-order chi connectivity index (χ1) is 12.4. The predicted molar refractivity (Wildman–Crippen MR) is 92.5 cm³/mol. The molecule has 2 N–H and O–H groups in total. The maximum atomic E-state index is 12.9. The lowest BCUT2D eigenvalue weighted by Gasteiger charge is -2.45. The highest BCUT2D eigenvalue weighted by atomic mass is 16.4. The van der Waals surface area contributed by atoms with E-state index >= 15 is 0 Å². The van der Waals surface area contributed by atoms with Gasteiger partial charge < -0.3 is 14.9 Å². The molecule has 1 aromatic heterocycles. The predicted octanol–water partition coefficient (Wildman–Crippen LogP) is 1.10. The number of likely N-dealkylation sites (tertiary alicyclic amines) is 2. The summed E-state index contributed by atoms with van der Waals surface area (Å²) in [4.78, 5) is 39.9. The molecule has 1 spiro atoms. The molecule has 0 aliphatic carbocycles. The van der Waals surface area contributed by atoms with Crippen LogP contribution in [-0.2, 0) is 9.59 Å². The zero-order chi connectivity index (χ0) is 18.5. The highest BCUT2D eigenvalue weighted by Gasteiger charge is 2.55. The molecule has 2 amide bonds. The highest BCUT2D eigenvalue weighted by Crippen LogP contribution is 2.43. The molecule has 3 heterocycles. The summed E-state index contributed by atoms with van der Waals surface area (Å²) in [6.07, 6.45) is 0.949. The van der Waals surface area contributed by atoms with Crippen molar-refractivity contribution in [3.63, 3.8) is 0 Å². The van der Waals surface area contributed by atoms with Crippen LogP contribution in [0.5, 0.6) is 0 Å². The smallest absolute Gasteiger partial charge is 0.309 e. The van der Waals surface area contributed by atoms with E-state index in [1.54, 1.807) is 16.8 Å². The quantitative estimate of drug-likeness (QED) is 0.838. The van der Waals surface area contributed by atoms with Crippen LogP contribution in [0.1, 0.15) is 29.8 Å². The molecule has 26 heavy (non-hydrogen) atoms. The average Bonchev–Trinajstić information content (AvgIpc) is 3.17. The fourth-order valence-corrected chi connectivity index (χ4v) is 4.36. The van der Waals surface area contributed by atoms with Gasteiger partial charge in [-0.15, -0.1) is 0 Å². The Bertz CT molecular complexity index is 897. The lowest BCUT2D eigenvalue weighted by atomic mass is 9.77. The Labute approximate surface area is 149 Å². The molecule has 1 atom stereocenters. The van der Waals surface area contributed by atoms with Gasteiger partial charge in [-0.3, -0.25) is 19.5 Å². The second kappa shape index (κ2) is 5.82. The standard InChI is InChI=1S/C18H20N4O4/c1-21-14(23)10-12(17(25)26)18(21)6-8-22(9-7-18)16(24)15-11-4-2-3-5-13(11)19-20-15/h2-5,12H,6-10H2,1H3,(H,19,20)(H,25,26). The largest absolute Gasteiger partial charge is 0.481 e. The summed E-state index contributed by atoms with van der Waals surface area (Å²) in [5.74, 6) is -1.98. The number of para-hydroxylation sites is 1. The fraction of sp³-hybridized carbons (Fsp3) is 0.444. The van der Waals surface area contributed by atoms with Crippen molar-refractivity contribution in [2.24, 2.45) is 5.92 Å². The molecule has 2 fully saturated rings. The van der Waals surface area contributed by atoms with Crippen molar-refractivity contribution in [3.05, 3.63) is 30.0 Å². The highest BCUT2D eigenvalue weighted by molar-refractivity contribution is 6.04. The number of hydrogen-bond donors (Lipinski definition) is 2. The zero-order valence-electron chi connectivity index (χ0n) is 14.4. The van der Waals surface area contributed by atoms with Gasteiger partial charge in [0.2, 0.25) is 5.91 Å². The summed E-state index contributed by atoms with van der Waals surface area (Å²) in [5, 5.41) is 17.3. The molecule has 4 rings (SSSR count). The van der Waals surface area contributed by atoms with E-state index < -0.39 is 17.4 Å². The van der Waals surface area contributed by atoms with Crippen LogP contribution in [0.2, 0.25) is 0 Å². The van der Waals surface area contributed by atoms with Gasteiger partial charge in [-0.2, -0.15) is 5.10 Å². The van der Waals surface area contributed by atoms with E-state index in [-0.39, 0.29) is 18.2 Å². The summed E-state index contributed by atoms with van der Waals surface area (Å²) >= 11 is 0. The van der Waals surface area contributed by atoms with Crippen LogP contribution < -0.4 is 0 Å². The van der Waals surface area contributed by atoms with E-state index in [2.05, 4.69) is 10.2 Å². The van der Waals surface area contributed by atoms with Crippen LogP contribution >= 0.6 is 0 Å². The van der Waals surface area contributed by atoms with Gasteiger partial charge in [-0.1, -0.05) is 18.2 Å². The molecule has 2 saturated heterocycles. The summed E-state index contributed by atoms with van der Waals surface area (Å²) in [6.45, 7) is 0.808. The Hall–Kier alpha value is -2.90. The van der Waals surface area contributed by atoms with Gasteiger partial charge in [0.15, 0.2) is 5.69 Å². The number of rotatable bonds is 2. The number of aromatic amines is 1. The van der Waals surface area contributed by atoms with Crippen molar-refractivity contribution in [3.8, 4) is 0 Å². The third kappa shape index (κ3) is 2.28. The first-order valence-electron chi connectivity index (χ1n) is 8.66. The van der Waals surface area contributed by atoms with Gasteiger partial charge in [-0.05, 0) is 18.9 Å². The number of hydrogen-bond acceptors (Lipinski definition) is 4. The zero-order valence-corrected chi connectivity index (χ0v) is 14.4. The first-order valence-corrected chi connectivity index (χ1v) is 8.66. The Morgan fingerprint density at radius 2 is 1.96 bits per heavy atom. The average molecular weight is 356 g/mol. The van der Waals surface area contributed by atoms with E-state index in [1.165, 1.54) is 0 Å². The molecule has 2 aliphatic heterocycles. The molecule has 2 aromatic rings. The number of nitrogens with zero attached hydrogens (tertiary/aromatic N) is 3. The minimum atomic E-state index is -0.944. The number of carbonyl (C=O) groups is 3. The Morgan fingerprint density at radius 1 is 1.27 bits per heavy atom. The number of nitrogens with one attached hydrogen (secondary N) is 1. The molecule has 136 valence electrons. The van der Waals surface area contributed by atoms with Crippen molar-refractivity contribution in [2.75, 3.05) is 20.1 Å². The number of amides is 2. The Morgan fingerprint density at radius 3 is 2.65 bits per heavy atom. The molecule has 8 nitrogen and oxygen atoms in total. The molecule has 1 unspecified atom stereocenters. The van der Waals surface area contributed by atoms with Crippen LogP contribution in [-0.4, -0.2) is 68.6 Å². The van der Waals surface area contributed by atoms with Crippen molar-refractivity contribution < 1.29 is 19.5 Å². The van der Waals surface area contributed by atoms with Crippen LogP contribution in [0.4, 0.5) is 0 Å². The molecular formula is C18H20N4O4. The molecule has 0 radical (unpaired) electrons. The van der Waals surface area contributed by atoms with E-state index in [9.17, 15) is 19.5 Å². The molecular weight excluding hydrogens is 336 g/mol. The first kappa shape index (κ1) is 16.6. The molecule has 0 saturated carbocycles. The van der Waals surface area contributed by atoms with E-state index in [0.717, 1.165) is 10.9 Å². The monoisotopic (exact) mass is 356 g/mol. The van der Waals surface area contributed by atoms with Crippen molar-refractivity contribution >= 4 is 28.7 Å². The molecule has 2 aliphatic rings. The summed E-state index contributed by atoms with van der Waals surface area (Å²) in [5.41, 5.74) is 0.478. The van der Waals surface area contributed by atoms with E-state index in [0.29, 0.717) is 31.6 Å². The van der Waals surface area contributed by atoms with Gasteiger partial charge in [0.25, 0.3) is 5.91 Å². The minimum absolute atomic E-state index is 0.0315. The number of aromatic nitrogens is 2. The van der Waals surface area contributed by atoms with Gasteiger partial charge >= 0.3 is 5.97 Å². The lowest BCUT2D eigenvalue weighted by Crippen LogP contribution is -2.57. The fourth-order valence-electron chi connectivity index (χ4n) is 4.36. The second-order valence-electron chi connectivity index (χ2n) is 7.06.